The smallest absolute Gasteiger partial charge is 0.0501 e. The van der Waals surface area contributed by atoms with Gasteiger partial charge in [-0.15, -0.1) is 0 Å². The number of hydrogen-bond acceptors (Lipinski definition) is 4. The highest BCUT2D eigenvalue weighted by Gasteiger charge is 2.37. The summed E-state index contributed by atoms with van der Waals surface area (Å²) in [5, 5.41) is 0. The van der Waals surface area contributed by atoms with Gasteiger partial charge in [0.2, 0.25) is 0 Å². The summed E-state index contributed by atoms with van der Waals surface area (Å²) in [6.07, 6.45) is 7.84. The molecule has 3 heterocycles. The Morgan fingerprint density at radius 3 is 2.71 bits per heavy atom. The molecule has 116 valence electrons. The van der Waals surface area contributed by atoms with Crippen LogP contribution in [0.3, 0.4) is 0 Å². The van der Waals surface area contributed by atoms with Gasteiger partial charge in [0.25, 0.3) is 0 Å². The van der Waals surface area contributed by atoms with Crippen LogP contribution in [0.1, 0.15) is 44.7 Å². The summed E-state index contributed by atoms with van der Waals surface area (Å²) in [5.74, 6) is 0. The molecule has 0 saturated carbocycles. The van der Waals surface area contributed by atoms with Gasteiger partial charge < -0.3 is 5.73 Å². The largest absolute Gasteiger partial charge is 0.326 e. The normalized spacial score (nSPS) is 30.6. The van der Waals surface area contributed by atoms with Gasteiger partial charge in [-0.2, -0.15) is 0 Å². The van der Waals surface area contributed by atoms with Crippen LogP contribution in [-0.4, -0.2) is 52.5 Å². The fraction of sp³-hybridized carbons (Fsp3) is 0.706. The summed E-state index contributed by atoms with van der Waals surface area (Å²) in [5.41, 5.74) is 7.66. The van der Waals surface area contributed by atoms with Crippen molar-refractivity contribution in [2.24, 2.45) is 5.73 Å². The van der Waals surface area contributed by atoms with E-state index in [1.54, 1.807) is 0 Å². The Hall–Kier alpha value is -0.970. The maximum absolute atomic E-state index is 6.35. The van der Waals surface area contributed by atoms with Crippen molar-refractivity contribution < 1.29 is 0 Å². The molecule has 2 aliphatic heterocycles. The number of aromatic nitrogens is 1. The molecular weight excluding hydrogens is 260 g/mol. The van der Waals surface area contributed by atoms with E-state index >= 15 is 0 Å². The quantitative estimate of drug-likeness (QED) is 0.924. The zero-order chi connectivity index (χ0) is 14.8. The van der Waals surface area contributed by atoms with Crippen LogP contribution >= 0.6 is 0 Å². The molecule has 2 aliphatic rings. The molecule has 2 fully saturated rings. The van der Waals surface area contributed by atoms with Crippen molar-refractivity contribution in [3.63, 3.8) is 0 Å². The van der Waals surface area contributed by atoms with Crippen molar-refractivity contribution in [2.75, 3.05) is 19.6 Å². The van der Waals surface area contributed by atoms with Gasteiger partial charge in [-0.25, -0.2) is 0 Å². The van der Waals surface area contributed by atoms with Crippen molar-refractivity contribution >= 4 is 0 Å². The number of pyridine rings is 1. The van der Waals surface area contributed by atoms with Crippen molar-refractivity contribution in [1.29, 1.82) is 0 Å². The van der Waals surface area contributed by atoms with E-state index in [1.807, 2.05) is 12.4 Å². The van der Waals surface area contributed by atoms with Crippen LogP contribution in [0.4, 0.5) is 0 Å². The molecule has 0 spiro atoms. The van der Waals surface area contributed by atoms with Crippen LogP contribution in [0, 0.1) is 0 Å². The zero-order valence-electron chi connectivity index (χ0n) is 13.3. The fourth-order valence-electron chi connectivity index (χ4n) is 4.12. The summed E-state index contributed by atoms with van der Waals surface area (Å²) < 4.78 is 0. The second kappa shape index (κ2) is 6.42. The standard InChI is InChI=1S/C17H28N4/c1-13-11-20-10-4-3-5-16(20)12-21(13)17(14(2)18)15-6-8-19-9-7-15/h6-9,13-14,16-17H,3-5,10-12,18H2,1-2H3. The Labute approximate surface area is 128 Å². The number of rotatable bonds is 3. The predicted octanol–water partition coefficient (Wildman–Crippen LogP) is 2.03. The number of hydrogen-bond donors (Lipinski definition) is 1. The predicted molar refractivity (Wildman–Crippen MR) is 86.0 cm³/mol. The second-order valence-electron chi connectivity index (χ2n) is 6.77. The lowest BCUT2D eigenvalue weighted by Crippen LogP contribution is -2.60. The molecule has 0 amide bonds. The Morgan fingerprint density at radius 2 is 2.00 bits per heavy atom. The molecule has 4 atom stereocenters. The van der Waals surface area contributed by atoms with Crippen LogP contribution in [0.2, 0.25) is 0 Å². The summed E-state index contributed by atoms with van der Waals surface area (Å²) in [7, 11) is 0. The first-order chi connectivity index (χ1) is 10.2. The molecule has 1 aromatic rings. The van der Waals surface area contributed by atoms with Crippen LogP contribution in [0.15, 0.2) is 24.5 Å². The molecule has 4 nitrogen and oxygen atoms in total. The van der Waals surface area contributed by atoms with Crippen LogP contribution in [0.25, 0.3) is 0 Å². The van der Waals surface area contributed by atoms with E-state index < -0.39 is 0 Å². The van der Waals surface area contributed by atoms with Crippen molar-refractivity contribution in [3.05, 3.63) is 30.1 Å². The second-order valence-corrected chi connectivity index (χ2v) is 6.77. The molecule has 0 aromatic carbocycles. The summed E-state index contributed by atoms with van der Waals surface area (Å²) >= 11 is 0. The van der Waals surface area contributed by atoms with E-state index in [2.05, 4.69) is 40.8 Å². The minimum Gasteiger partial charge on any atom is -0.326 e. The van der Waals surface area contributed by atoms with E-state index in [-0.39, 0.29) is 6.04 Å². The number of piperidine rings is 1. The van der Waals surface area contributed by atoms with Gasteiger partial charge in [0.05, 0.1) is 6.04 Å². The van der Waals surface area contributed by atoms with Gasteiger partial charge in [-0.05, 0) is 50.9 Å². The molecule has 2 N–H and O–H groups in total. The first-order valence-electron chi connectivity index (χ1n) is 8.32. The molecular formula is C17H28N4. The highest BCUT2D eigenvalue weighted by Crippen LogP contribution is 2.32. The zero-order valence-corrected chi connectivity index (χ0v) is 13.3. The summed E-state index contributed by atoms with van der Waals surface area (Å²) in [6, 6.07) is 5.95. The van der Waals surface area contributed by atoms with Crippen LogP contribution < -0.4 is 5.73 Å². The molecule has 4 unspecified atom stereocenters. The van der Waals surface area contributed by atoms with E-state index in [9.17, 15) is 0 Å². The average molecular weight is 288 g/mol. The number of fused-ring (bicyclic) bond motifs is 1. The highest BCUT2D eigenvalue weighted by molar-refractivity contribution is 5.18. The van der Waals surface area contributed by atoms with Crippen molar-refractivity contribution in [3.8, 4) is 0 Å². The van der Waals surface area contributed by atoms with E-state index in [1.165, 1.54) is 37.9 Å². The molecule has 3 rings (SSSR count). The summed E-state index contributed by atoms with van der Waals surface area (Å²) in [6.45, 7) is 8.09. The van der Waals surface area contributed by atoms with E-state index in [0.29, 0.717) is 12.1 Å². The maximum Gasteiger partial charge on any atom is 0.0501 e. The van der Waals surface area contributed by atoms with Crippen LogP contribution in [-0.2, 0) is 0 Å². The van der Waals surface area contributed by atoms with Gasteiger partial charge >= 0.3 is 0 Å². The molecule has 1 aromatic heterocycles. The Balaban J connectivity index is 1.82. The SMILES string of the molecule is CC(N)C(c1ccncc1)N1CC2CCCCN2CC1C. The minimum absolute atomic E-state index is 0.130. The van der Waals surface area contributed by atoms with Crippen LogP contribution in [0.5, 0.6) is 0 Å². The lowest BCUT2D eigenvalue weighted by atomic mass is 9.92. The Kier molecular flexibility index (Phi) is 4.57. The molecule has 0 bridgehead atoms. The first-order valence-corrected chi connectivity index (χ1v) is 8.32. The minimum atomic E-state index is 0.130. The number of piperazine rings is 1. The van der Waals surface area contributed by atoms with Gasteiger partial charge in [-0.3, -0.25) is 14.8 Å². The average Bonchev–Trinajstić information content (AvgIpc) is 2.49. The molecule has 21 heavy (non-hydrogen) atoms. The topological polar surface area (TPSA) is 45.4 Å². The third kappa shape index (κ3) is 3.12. The van der Waals surface area contributed by atoms with Crippen molar-refractivity contribution in [1.82, 2.24) is 14.8 Å². The summed E-state index contributed by atoms with van der Waals surface area (Å²) in [4.78, 5) is 9.47. The highest BCUT2D eigenvalue weighted by atomic mass is 15.3. The molecule has 2 saturated heterocycles. The first kappa shape index (κ1) is 14.9. The lowest BCUT2D eigenvalue weighted by molar-refractivity contribution is -0.0132. The number of nitrogens with zero attached hydrogens (tertiary/aromatic N) is 3. The molecule has 4 heteroatoms. The van der Waals surface area contributed by atoms with Gasteiger partial charge in [0, 0.05) is 43.6 Å². The maximum atomic E-state index is 6.35. The monoisotopic (exact) mass is 288 g/mol. The number of nitrogens with two attached hydrogens (primary N) is 1. The lowest BCUT2D eigenvalue weighted by Gasteiger charge is -2.51. The van der Waals surface area contributed by atoms with E-state index in [4.69, 9.17) is 5.73 Å². The van der Waals surface area contributed by atoms with Crippen molar-refractivity contribution in [2.45, 2.75) is 57.3 Å². The van der Waals surface area contributed by atoms with E-state index in [0.717, 1.165) is 12.6 Å². The van der Waals surface area contributed by atoms with Gasteiger partial charge in [0.1, 0.15) is 0 Å². The fourth-order valence-corrected chi connectivity index (χ4v) is 4.12. The van der Waals surface area contributed by atoms with Gasteiger partial charge in [-0.1, -0.05) is 6.42 Å². The molecule has 0 radical (unpaired) electrons. The van der Waals surface area contributed by atoms with Gasteiger partial charge in [0.15, 0.2) is 0 Å². The molecule has 0 aliphatic carbocycles. The third-order valence-corrected chi connectivity index (χ3v) is 5.14. The Bertz CT molecular complexity index is 447. The third-order valence-electron chi connectivity index (χ3n) is 5.14. The Morgan fingerprint density at radius 1 is 1.24 bits per heavy atom.